The zero-order valence-corrected chi connectivity index (χ0v) is 12.4. The number of rotatable bonds is 1. The summed E-state index contributed by atoms with van der Waals surface area (Å²) >= 11 is 6.04. The van der Waals surface area contributed by atoms with Crippen molar-refractivity contribution >= 4 is 44.9 Å². The van der Waals surface area contributed by atoms with Crippen LogP contribution in [-0.2, 0) is 9.59 Å². The van der Waals surface area contributed by atoms with Gasteiger partial charge in [0, 0.05) is 11.4 Å². The molecule has 1 heterocycles. The molecule has 1 aliphatic carbocycles. The molecule has 4 nitrogen and oxygen atoms in total. The Morgan fingerprint density at radius 1 is 1.18 bits per heavy atom. The molecule has 4 rings (SSSR count). The van der Waals surface area contributed by atoms with Crippen LogP contribution in [0.5, 0.6) is 0 Å². The minimum absolute atomic E-state index is 0.00435. The lowest BCUT2D eigenvalue weighted by atomic mass is 9.83. The summed E-state index contributed by atoms with van der Waals surface area (Å²) in [4.78, 5) is 23.6. The second kappa shape index (κ2) is 4.92. The molecule has 3 aromatic rings. The van der Waals surface area contributed by atoms with Crippen LogP contribution in [0.4, 0.5) is 0 Å². The third kappa shape index (κ3) is 2.03. The molecular weight excluding hydrogens is 302 g/mol. The molecule has 0 amide bonds. The Bertz CT molecular complexity index is 928. The zero-order chi connectivity index (χ0) is 15.3. The highest BCUT2D eigenvalue weighted by molar-refractivity contribution is 6.31. The molecule has 1 saturated carbocycles. The van der Waals surface area contributed by atoms with Gasteiger partial charge in [0.25, 0.3) is 0 Å². The van der Waals surface area contributed by atoms with Gasteiger partial charge in [0.1, 0.15) is 17.3 Å². The van der Waals surface area contributed by atoms with Gasteiger partial charge in [-0.1, -0.05) is 28.9 Å². The number of ketones is 2. The van der Waals surface area contributed by atoms with Gasteiger partial charge in [-0.25, -0.2) is 0 Å². The molecule has 110 valence electrons. The molecule has 1 aliphatic rings. The van der Waals surface area contributed by atoms with Gasteiger partial charge in [0.15, 0.2) is 5.58 Å². The van der Waals surface area contributed by atoms with Crippen LogP contribution in [0.1, 0.15) is 30.9 Å². The van der Waals surface area contributed by atoms with Gasteiger partial charge < -0.3 is 4.52 Å². The van der Waals surface area contributed by atoms with E-state index in [-0.39, 0.29) is 23.9 Å². The quantitative estimate of drug-likeness (QED) is 0.636. The van der Waals surface area contributed by atoms with E-state index in [1.54, 1.807) is 0 Å². The van der Waals surface area contributed by atoms with Crippen LogP contribution >= 0.6 is 11.6 Å². The van der Waals surface area contributed by atoms with E-state index < -0.39 is 0 Å². The van der Waals surface area contributed by atoms with Crippen molar-refractivity contribution in [2.45, 2.75) is 25.2 Å². The third-order valence-electron chi connectivity index (χ3n) is 4.24. The molecule has 1 aromatic heterocycles. The van der Waals surface area contributed by atoms with E-state index in [0.717, 1.165) is 16.2 Å². The summed E-state index contributed by atoms with van der Waals surface area (Å²) < 4.78 is 5.40. The Morgan fingerprint density at radius 2 is 2.05 bits per heavy atom. The first-order valence-electron chi connectivity index (χ1n) is 7.15. The van der Waals surface area contributed by atoms with Gasteiger partial charge in [0.2, 0.25) is 0 Å². The van der Waals surface area contributed by atoms with Crippen molar-refractivity contribution in [3.63, 3.8) is 0 Å². The van der Waals surface area contributed by atoms with E-state index >= 15 is 0 Å². The number of hydrogen-bond donors (Lipinski definition) is 0. The number of fused-ring (bicyclic) bond motifs is 3. The predicted octanol–water partition coefficient (Wildman–Crippen LogP) is 4.04. The summed E-state index contributed by atoms with van der Waals surface area (Å²) in [6.45, 7) is 0. The number of carbonyl (C=O) groups is 2. The molecule has 5 heteroatoms. The normalized spacial score (nSPS) is 19.2. The van der Waals surface area contributed by atoms with E-state index in [2.05, 4.69) is 5.16 Å². The van der Waals surface area contributed by atoms with Crippen LogP contribution in [0.25, 0.3) is 21.7 Å². The molecule has 0 saturated heterocycles. The van der Waals surface area contributed by atoms with Crippen molar-refractivity contribution in [2.75, 3.05) is 0 Å². The molecule has 22 heavy (non-hydrogen) atoms. The molecule has 1 fully saturated rings. The van der Waals surface area contributed by atoms with Crippen molar-refractivity contribution in [3.8, 4) is 0 Å². The summed E-state index contributed by atoms with van der Waals surface area (Å²) in [6, 6.07) is 9.36. The maximum Gasteiger partial charge on any atom is 0.167 e. The van der Waals surface area contributed by atoms with Gasteiger partial charge in [-0.3, -0.25) is 9.59 Å². The summed E-state index contributed by atoms with van der Waals surface area (Å²) in [5.74, 6) is -0.427. The number of halogens is 1. The molecular formula is C17H12ClNO3. The van der Waals surface area contributed by atoms with Crippen molar-refractivity contribution in [2.24, 2.45) is 0 Å². The number of hydrogen-bond acceptors (Lipinski definition) is 4. The first-order valence-corrected chi connectivity index (χ1v) is 7.53. The lowest BCUT2D eigenvalue weighted by Gasteiger charge is -2.17. The monoisotopic (exact) mass is 313 g/mol. The van der Waals surface area contributed by atoms with Crippen LogP contribution in [-0.4, -0.2) is 16.7 Å². The Labute approximate surface area is 131 Å². The Kier molecular flexibility index (Phi) is 3.01. The highest BCUT2D eigenvalue weighted by Gasteiger charge is 2.32. The average Bonchev–Trinajstić information content (AvgIpc) is 2.91. The standard InChI is InChI=1S/C17H12ClNO3/c18-10-2-4-12-9(7-10)1-6-15-16(12)17(19-22-15)13-5-3-11(20)8-14(13)21/h1-2,4,6-7,13H,3,5,8H2. The summed E-state index contributed by atoms with van der Waals surface area (Å²) in [7, 11) is 0. The van der Waals surface area contributed by atoms with Crippen molar-refractivity contribution in [1.29, 1.82) is 0 Å². The van der Waals surface area contributed by atoms with Crippen LogP contribution in [0.15, 0.2) is 34.9 Å². The van der Waals surface area contributed by atoms with Gasteiger partial charge in [-0.2, -0.15) is 0 Å². The van der Waals surface area contributed by atoms with Crippen LogP contribution in [0, 0.1) is 0 Å². The zero-order valence-electron chi connectivity index (χ0n) is 11.6. The van der Waals surface area contributed by atoms with Gasteiger partial charge in [-0.15, -0.1) is 0 Å². The largest absolute Gasteiger partial charge is 0.356 e. The molecule has 0 aliphatic heterocycles. The Morgan fingerprint density at radius 3 is 2.86 bits per heavy atom. The number of nitrogens with zero attached hydrogens (tertiary/aromatic N) is 1. The van der Waals surface area contributed by atoms with Gasteiger partial charge in [-0.05, 0) is 35.4 Å². The molecule has 0 spiro atoms. The van der Waals surface area contributed by atoms with Crippen LogP contribution in [0.2, 0.25) is 5.02 Å². The molecule has 0 N–H and O–H groups in total. The molecule has 0 radical (unpaired) electrons. The van der Waals surface area contributed by atoms with E-state index in [4.69, 9.17) is 16.1 Å². The predicted molar refractivity (Wildman–Crippen MR) is 83.1 cm³/mol. The minimum Gasteiger partial charge on any atom is -0.356 e. The van der Waals surface area contributed by atoms with Crippen LogP contribution in [0.3, 0.4) is 0 Å². The number of carbonyl (C=O) groups excluding carboxylic acids is 2. The van der Waals surface area contributed by atoms with Crippen molar-refractivity contribution in [1.82, 2.24) is 5.16 Å². The van der Waals surface area contributed by atoms with E-state index in [1.165, 1.54) is 0 Å². The maximum absolute atomic E-state index is 12.2. The fraction of sp³-hybridized carbons (Fsp3) is 0.235. The molecule has 1 atom stereocenters. The van der Waals surface area contributed by atoms with Gasteiger partial charge in [0.05, 0.1) is 17.7 Å². The molecule has 0 bridgehead atoms. The number of benzene rings is 2. The highest BCUT2D eigenvalue weighted by atomic mass is 35.5. The fourth-order valence-corrected chi connectivity index (χ4v) is 3.34. The van der Waals surface area contributed by atoms with E-state index in [0.29, 0.717) is 29.1 Å². The third-order valence-corrected chi connectivity index (χ3v) is 4.48. The Hall–Kier alpha value is -2.20. The number of Topliss-reactive ketones (excluding diaryl/α,β-unsaturated/α-hetero) is 2. The topological polar surface area (TPSA) is 60.2 Å². The highest BCUT2D eigenvalue weighted by Crippen LogP contribution is 2.37. The fourth-order valence-electron chi connectivity index (χ4n) is 3.16. The average molecular weight is 314 g/mol. The summed E-state index contributed by atoms with van der Waals surface area (Å²) in [5, 5.41) is 7.57. The maximum atomic E-state index is 12.2. The van der Waals surface area contributed by atoms with Crippen LogP contribution < -0.4 is 0 Å². The van der Waals surface area contributed by atoms with Crippen molar-refractivity contribution in [3.05, 3.63) is 41.0 Å². The molecule has 1 unspecified atom stereocenters. The second-order valence-electron chi connectivity index (χ2n) is 5.64. The lowest BCUT2D eigenvalue weighted by molar-refractivity contribution is -0.130. The summed E-state index contributed by atoms with van der Waals surface area (Å²) in [6.07, 6.45) is 0.917. The first kappa shape index (κ1) is 13.5. The summed E-state index contributed by atoms with van der Waals surface area (Å²) in [5.41, 5.74) is 1.29. The first-order chi connectivity index (χ1) is 10.6. The van der Waals surface area contributed by atoms with Gasteiger partial charge >= 0.3 is 0 Å². The van der Waals surface area contributed by atoms with E-state index in [9.17, 15) is 9.59 Å². The smallest absolute Gasteiger partial charge is 0.167 e. The molecule has 2 aromatic carbocycles. The van der Waals surface area contributed by atoms with E-state index in [1.807, 2.05) is 30.3 Å². The number of aromatic nitrogens is 1. The SMILES string of the molecule is O=C1CCC(c2noc3ccc4cc(Cl)ccc4c23)C(=O)C1. The lowest BCUT2D eigenvalue weighted by Crippen LogP contribution is -2.23. The van der Waals surface area contributed by atoms with Crippen molar-refractivity contribution < 1.29 is 14.1 Å². The Balaban J connectivity index is 1.95. The minimum atomic E-state index is -0.361. The second-order valence-corrected chi connectivity index (χ2v) is 6.08.